The normalized spacial score (nSPS) is 13.7. The van der Waals surface area contributed by atoms with Gasteiger partial charge in [-0.25, -0.2) is 0 Å². The molecule has 19 heavy (non-hydrogen) atoms. The van der Waals surface area contributed by atoms with Gasteiger partial charge < -0.3 is 9.73 Å². The lowest BCUT2D eigenvalue weighted by atomic mass is 9.95. The van der Waals surface area contributed by atoms with Crippen molar-refractivity contribution in [1.82, 2.24) is 5.32 Å². The summed E-state index contributed by atoms with van der Waals surface area (Å²) in [6.07, 6.45) is 2.72. The van der Waals surface area contributed by atoms with Gasteiger partial charge in [0.1, 0.15) is 5.76 Å². The Balaban J connectivity index is 2.35. The first kappa shape index (κ1) is 14.4. The quantitative estimate of drug-likeness (QED) is 0.889. The van der Waals surface area contributed by atoms with E-state index in [2.05, 4.69) is 51.2 Å². The maximum Gasteiger partial charge on any atom is 0.108 e. The van der Waals surface area contributed by atoms with Gasteiger partial charge in [0.25, 0.3) is 0 Å². The smallest absolute Gasteiger partial charge is 0.108 e. The second-order valence-corrected chi connectivity index (χ2v) is 6.94. The minimum absolute atomic E-state index is 0.213. The molecule has 0 aliphatic heterocycles. The molecule has 0 aliphatic carbocycles. The molecule has 0 amide bonds. The van der Waals surface area contributed by atoms with E-state index >= 15 is 0 Å². The van der Waals surface area contributed by atoms with Gasteiger partial charge in [0.05, 0.1) is 12.3 Å². The molecule has 0 aromatic carbocycles. The SMILES string of the molecule is CCc1occc1C(NC)c1ccc(C(C)(C)C)s1. The van der Waals surface area contributed by atoms with Crippen LogP contribution in [0, 0.1) is 0 Å². The van der Waals surface area contributed by atoms with Gasteiger partial charge in [-0.2, -0.15) is 0 Å². The topological polar surface area (TPSA) is 25.2 Å². The van der Waals surface area contributed by atoms with Crippen molar-refractivity contribution in [1.29, 1.82) is 0 Å². The highest BCUT2D eigenvalue weighted by molar-refractivity contribution is 7.12. The van der Waals surface area contributed by atoms with Crippen molar-refractivity contribution in [3.05, 3.63) is 45.5 Å². The lowest BCUT2D eigenvalue weighted by Gasteiger charge is -2.17. The number of aryl methyl sites for hydroxylation is 1. The van der Waals surface area contributed by atoms with E-state index in [9.17, 15) is 0 Å². The van der Waals surface area contributed by atoms with Crippen LogP contribution in [-0.4, -0.2) is 7.05 Å². The summed E-state index contributed by atoms with van der Waals surface area (Å²) in [5.41, 5.74) is 1.47. The second-order valence-electron chi connectivity index (χ2n) is 5.83. The third-order valence-electron chi connectivity index (χ3n) is 3.35. The Bertz CT molecular complexity index is 533. The third-order valence-corrected chi connectivity index (χ3v) is 4.93. The summed E-state index contributed by atoms with van der Waals surface area (Å²) in [6.45, 7) is 8.90. The molecule has 0 saturated carbocycles. The Kier molecular flexibility index (Phi) is 4.16. The van der Waals surface area contributed by atoms with Crippen LogP contribution in [0.4, 0.5) is 0 Å². The van der Waals surface area contributed by atoms with Gasteiger partial charge in [-0.1, -0.05) is 27.7 Å². The molecule has 3 heteroatoms. The minimum atomic E-state index is 0.213. The van der Waals surface area contributed by atoms with Gasteiger partial charge in [0.15, 0.2) is 0 Å². The molecule has 2 heterocycles. The van der Waals surface area contributed by atoms with E-state index in [1.54, 1.807) is 6.26 Å². The summed E-state index contributed by atoms with van der Waals surface area (Å²) >= 11 is 1.89. The fourth-order valence-corrected chi connectivity index (χ4v) is 3.45. The van der Waals surface area contributed by atoms with Crippen LogP contribution < -0.4 is 5.32 Å². The first-order valence-electron chi connectivity index (χ1n) is 6.81. The molecular weight excluding hydrogens is 254 g/mol. The average molecular weight is 277 g/mol. The Morgan fingerprint density at radius 2 is 2.00 bits per heavy atom. The standard InChI is InChI=1S/C16H23NOS/c1-6-12-11(9-10-18-12)15(17-5)13-7-8-14(19-13)16(2,3)4/h7-10,15,17H,6H2,1-5H3. The Morgan fingerprint density at radius 1 is 1.26 bits per heavy atom. The van der Waals surface area contributed by atoms with Gasteiger partial charge in [0, 0.05) is 21.7 Å². The van der Waals surface area contributed by atoms with E-state index < -0.39 is 0 Å². The van der Waals surface area contributed by atoms with Crippen LogP contribution in [0.25, 0.3) is 0 Å². The number of thiophene rings is 1. The summed E-state index contributed by atoms with van der Waals surface area (Å²) in [7, 11) is 2.01. The molecule has 2 aromatic rings. The monoisotopic (exact) mass is 277 g/mol. The number of rotatable bonds is 4. The highest BCUT2D eigenvalue weighted by atomic mass is 32.1. The van der Waals surface area contributed by atoms with E-state index in [-0.39, 0.29) is 11.5 Å². The maximum absolute atomic E-state index is 5.56. The van der Waals surface area contributed by atoms with Crippen molar-refractivity contribution < 1.29 is 4.42 Å². The fourth-order valence-electron chi connectivity index (χ4n) is 2.26. The van der Waals surface area contributed by atoms with E-state index in [1.807, 2.05) is 18.4 Å². The number of furan rings is 1. The largest absolute Gasteiger partial charge is 0.469 e. The third kappa shape index (κ3) is 2.93. The Labute approximate surface area is 119 Å². The zero-order valence-electron chi connectivity index (χ0n) is 12.4. The van der Waals surface area contributed by atoms with Crippen molar-refractivity contribution in [2.45, 2.75) is 45.6 Å². The first-order chi connectivity index (χ1) is 8.97. The second kappa shape index (κ2) is 5.51. The van der Waals surface area contributed by atoms with Crippen LogP contribution in [0.1, 0.15) is 54.8 Å². The molecule has 0 spiro atoms. The number of hydrogen-bond donors (Lipinski definition) is 1. The predicted octanol–water partition coefficient (Wildman–Crippen LogP) is 4.51. The van der Waals surface area contributed by atoms with Gasteiger partial charge in [0.2, 0.25) is 0 Å². The van der Waals surface area contributed by atoms with Gasteiger partial charge >= 0.3 is 0 Å². The number of hydrogen-bond acceptors (Lipinski definition) is 3. The summed E-state index contributed by atoms with van der Waals surface area (Å²) < 4.78 is 5.56. The Hall–Kier alpha value is -1.06. The van der Waals surface area contributed by atoms with E-state index in [0.717, 1.165) is 12.2 Å². The van der Waals surface area contributed by atoms with Crippen molar-refractivity contribution >= 4 is 11.3 Å². The molecule has 1 atom stereocenters. The number of nitrogens with one attached hydrogen (secondary N) is 1. The van der Waals surface area contributed by atoms with E-state index in [1.165, 1.54) is 15.3 Å². The van der Waals surface area contributed by atoms with Crippen LogP contribution in [-0.2, 0) is 11.8 Å². The van der Waals surface area contributed by atoms with E-state index in [0.29, 0.717) is 0 Å². The van der Waals surface area contributed by atoms with Crippen LogP contribution in [0.15, 0.2) is 28.9 Å². The molecule has 1 N–H and O–H groups in total. The molecule has 1 unspecified atom stereocenters. The lowest BCUT2D eigenvalue weighted by molar-refractivity contribution is 0.505. The first-order valence-corrected chi connectivity index (χ1v) is 7.62. The maximum atomic E-state index is 5.56. The van der Waals surface area contributed by atoms with Crippen molar-refractivity contribution in [2.24, 2.45) is 0 Å². The minimum Gasteiger partial charge on any atom is -0.469 e. The molecule has 0 aliphatic rings. The fraction of sp³-hybridized carbons (Fsp3) is 0.500. The lowest BCUT2D eigenvalue weighted by Crippen LogP contribution is -2.17. The molecule has 2 nitrogen and oxygen atoms in total. The molecule has 0 radical (unpaired) electrons. The van der Waals surface area contributed by atoms with Gasteiger partial charge in [-0.15, -0.1) is 11.3 Å². The molecule has 0 fully saturated rings. The molecule has 2 aromatic heterocycles. The van der Waals surface area contributed by atoms with Crippen LogP contribution >= 0.6 is 11.3 Å². The molecule has 0 saturated heterocycles. The summed E-state index contributed by atoms with van der Waals surface area (Å²) in [6, 6.07) is 6.79. The molecule has 104 valence electrons. The summed E-state index contributed by atoms with van der Waals surface area (Å²) in [4.78, 5) is 2.77. The summed E-state index contributed by atoms with van der Waals surface area (Å²) in [5.74, 6) is 1.07. The van der Waals surface area contributed by atoms with Crippen molar-refractivity contribution in [3.8, 4) is 0 Å². The zero-order valence-corrected chi connectivity index (χ0v) is 13.2. The molecular formula is C16H23NOS. The van der Waals surface area contributed by atoms with Gasteiger partial charge in [-0.05, 0) is 30.7 Å². The predicted molar refractivity (Wildman–Crippen MR) is 82.0 cm³/mol. The van der Waals surface area contributed by atoms with Crippen LogP contribution in [0.2, 0.25) is 0 Å². The molecule has 2 rings (SSSR count). The van der Waals surface area contributed by atoms with Gasteiger partial charge in [-0.3, -0.25) is 0 Å². The highest BCUT2D eigenvalue weighted by Crippen LogP contribution is 2.35. The van der Waals surface area contributed by atoms with Crippen molar-refractivity contribution in [2.75, 3.05) is 7.05 Å². The van der Waals surface area contributed by atoms with Crippen molar-refractivity contribution in [3.63, 3.8) is 0 Å². The summed E-state index contributed by atoms with van der Waals surface area (Å²) in [5, 5.41) is 3.41. The average Bonchev–Trinajstić information content (AvgIpc) is 2.97. The Morgan fingerprint density at radius 3 is 2.53 bits per heavy atom. The van der Waals surface area contributed by atoms with Crippen LogP contribution in [0.5, 0.6) is 0 Å². The highest BCUT2D eigenvalue weighted by Gasteiger charge is 2.22. The molecule has 0 bridgehead atoms. The van der Waals surface area contributed by atoms with Crippen LogP contribution in [0.3, 0.4) is 0 Å². The zero-order chi connectivity index (χ0) is 14.0. The van der Waals surface area contributed by atoms with E-state index in [4.69, 9.17) is 4.42 Å².